The molecule has 1 saturated heterocycles. The molecule has 2 atom stereocenters. The van der Waals surface area contributed by atoms with Crippen molar-refractivity contribution in [3.05, 3.63) is 48.0 Å². The molecule has 5 nitrogen and oxygen atoms in total. The molecule has 0 amide bonds. The van der Waals surface area contributed by atoms with Crippen LogP contribution in [0.1, 0.15) is 18.9 Å². The van der Waals surface area contributed by atoms with Gasteiger partial charge in [-0.1, -0.05) is 42.5 Å². The third-order valence-corrected chi connectivity index (χ3v) is 5.94. The molecule has 0 saturated carbocycles. The minimum atomic E-state index is -3.38. The van der Waals surface area contributed by atoms with Gasteiger partial charge in [0.05, 0.1) is 24.5 Å². The Morgan fingerprint density at radius 3 is 2.84 bits per heavy atom. The maximum atomic E-state index is 12.6. The molecule has 2 aromatic rings. The summed E-state index contributed by atoms with van der Waals surface area (Å²) in [5.41, 5.74) is 1.05. The van der Waals surface area contributed by atoms with E-state index in [0.717, 1.165) is 16.3 Å². The summed E-state index contributed by atoms with van der Waals surface area (Å²) in [6, 6.07) is 13.8. The summed E-state index contributed by atoms with van der Waals surface area (Å²) in [5, 5.41) is 2.24. The van der Waals surface area contributed by atoms with E-state index in [2.05, 4.69) is 4.72 Å². The largest absolute Gasteiger partial charge is 0.379 e. The molecule has 0 aliphatic carbocycles. The van der Waals surface area contributed by atoms with Crippen LogP contribution in [-0.2, 0) is 25.9 Å². The average molecular weight is 363 g/mol. The van der Waals surface area contributed by atoms with Crippen molar-refractivity contribution >= 4 is 20.8 Å². The Kier molecular flexibility index (Phi) is 6.06. The molecule has 3 rings (SSSR count). The van der Waals surface area contributed by atoms with E-state index >= 15 is 0 Å². The average Bonchev–Trinajstić information content (AvgIpc) is 2.62. The van der Waals surface area contributed by atoms with Crippen LogP contribution in [-0.4, -0.2) is 46.1 Å². The molecule has 0 spiro atoms. The molecule has 2 aromatic carbocycles. The molecule has 1 heterocycles. The van der Waals surface area contributed by atoms with E-state index in [4.69, 9.17) is 9.47 Å². The first-order valence-electron chi connectivity index (χ1n) is 8.75. The van der Waals surface area contributed by atoms with Crippen LogP contribution < -0.4 is 4.72 Å². The first-order valence-corrected chi connectivity index (χ1v) is 10.4. The standard InChI is InChI=1S/C19H25NO4S/c1-2-24-19-14-23-12-10-18(19)20-25(21,22)13-11-16-8-5-7-15-6-3-4-9-17(15)16/h3-9,18-20H,2,10-14H2,1H3/t18-,19-/m1/s1. The molecular formula is C19H25NO4S. The second-order valence-corrected chi connectivity index (χ2v) is 8.16. The highest BCUT2D eigenvalue weighted by Crippen LogP contribution is 2.19. The molecule has 0 radical (unpaired) electrons. The number of aryl methyl sites for hydroxylation is 1. The zero-order valence-electron chi connectivity index (χ0n) is 14.5. The first-order chi connectivity index (χ1) is 12.1. The topological polar surface area (TPSA) is 64.6 Å². The molecule has 0 bridgehead atoms. The van der Waals surface area contributed by atoms with Gasteiger partial charge in [-0.05, 0) is 36.1 Å². The van der Waals surface area contributed by atoms with Crippen LogP contribution >= 0.6 is 0 Å². The van der Waals surface area contributed by atoms with Gasteiger partial charge >= 0.3 is 0 Å². The molecule has 0 aromatic heterocycles. The smallest absolute Gasteiger partial charge is 0.212 e. The van der Waals surface area contributed by atoms with Crippen molar-refractivity contribution < 1.29 is 17.9 Å². The van der Waals surface area contributed by atoms with Gasteiger partial charge in [0.1, 0.15) is 0 Å². The maximum Gasteiger partial charge on any atom is 0.212 e. The Balaban J connectivity index is 1.67. The van der Waals surface area contributed by atoms with E-state index in [9.17, 15) is 8.42 Å². The monoisotopic (exact) mass is 363 g/mol. The number of nitrogens with one attached hydrogen (secondary N) is 1. The molecule has 1 aliphatic heterocycles. The highest BCUT2D eigenvalue weighted by molar-refractivity contribution is 7.89. The van der Waals surface area contributed by atoms with Crippen molar-refractivity contribution in [3.8, 4) is 0 Å². The lowest BCUT2D eigenvalue weighted by Gasteiger charge is -2.31. The first kappa shape index (κ1) is 18.3. The minimum absolute atomic E-state index is 0.0667. The Labute approximate surface area is 149 Å². The van der Waals surface area contributed by atoms with Crippen LogP contribution in [0.15, 0.2) is 42.5 Å². The van der Waals surface area contributed by atoms with Crippen LogP contribution in [0.2, 0.25) is 0 Å². The Bertz CT molecular complexity index is 799. The summed E-state index contributed by atoms with van der Waals surface area (Å²) >= 11 is 0. The number of hydrogen-bond acceptors (Lipinski definition) is 4. The fourth-order valence-corrected chi connectivity index (χ4v) is 4.61. The number of fused-ring (bicyclic) bond motifs is 1. The minimum Gasteiger partial charge on any atom is -0.379 e. The predicted octanol–water partition coefficient (Wildman–Crippen LogP) is 2.50. The number of benzene rings is 2. The summed E-state index contributed by atoms with van der Waals surface area (Å²) in [4.78, 5) is 0. The van der Waals surface area contributed by atoms with E-state index in [1.54, 1.807) is 0 Å². The van der Waals surface area contributed by atoms with Crippen molar-refractivity contribution in [2.45, 2.75) is 31.9 Å². The third kappa shape index (κ3) is 4.79. The van der Waals surface area contributed by atoms with Crippen molar-refractivity contribution in [1.29, 1.82) is 0 Å². The van der Waals surface area contributed by atoms with Crippen molar-refractivity contribution in [1.82, 2.24) is 4.72 Å². The number of rotatable bonds is 7. The number of sulfonamides is 1. The van der Waals surface area contributed by atoms with Crippen LogP contribution in [0.5, 0.6) is 0 Å². The van der Waals surface area contributed by atoms with Gasteiger partial charge in [0, 0.05) is 13.2 Å². The lowest BCUT2D eigenvalue weighted by molar-refractivity contribution is -0.0605. The molecule has 0 unspecified atom stereocenters. The lowest BCUT2D eigenvalue weighted by Crippen LogP contribution is -2.50. The van der Waals surface area contributed by atoms with Crippen LogP contribution in [0.3, 0.4) is 0 Å². The van der Waals surface area contributed by atoms with E-state index in [1.807, 2.05) is 49.4 Å². The van der Waals surface area contributed by atoms with Gasteiger partial charge in [-0.2, -0.15) is 0 Å². The molecule has 1 fully saturated rings. The summed E-state index contributed by atoms with van der Waals surface area (Å²) in [7, 11) is -3.38. The summed E-state index contributed by atoms with van der Waals surface area (Å²) < 4.78 is 38.9. The Morgan fingerprint density at radius 1 is 1.20 bits per heavy atom. The van der Waals surface area contributed by atoms with Crippen LogP contribution in [0.4, 0.5) is 0 Å². The Morgan fingerprint density at radius 2 is 2.00 bits per heavy atom. The second kappa shape index (κ2) is 8.27. The molecule has 25 heavy (non-hydrogen) atoms. The van der Waals surface area contributed by atoms with E-state index < -0.39 is 10.0 Å². The van der Waals surface area contributed by atoms with Gasteiger partial charge in [0.2, 0.25) is 10.0 Å². The molecular weight excluding hydrogens is 338 g/mol. The predicted molar refractivity (Wildman–Crippen MR) is 99.2 cm³/mol. The summed E-state index contributed by atoms with van der Waals surface area (Å²) in [6.45, 7) is 3.44. The Hall–Kier alpha value is -1.47. The van der Waals surface area contributed by atoms with E-state index in [1.165, 1.54) is 0 Å². The van der Waals surface area contributed by atoms with Gasteiger partial charge in [-0.3, -0.25) is 0 Å². The molecule has 1 aliphatic rings. The molecule has 6 heteroatoms. The SMILES string of the molecule is CCO[C@@H]1COCC[C@H]1NS(=O)(=O)CCc1cccc2ccccc12. The zero-order valence-corrected chi connectivity index (χ0v) is 15.3. The van der Waals surface area contributed by atoms with Gasteiger partial charge < -0.3 is 9.47 Å². The van der Waals surface area contributed by atoms with Gasteiger partial charge in [0.25, 0.3) is 0 Å². The van der Waals surface area contributed by atoms with E-state index in [-0.39, 0.29) is 17.9 Å². The van der Waals surface area contributed by atoms with Gasteiger partial charge in [-0.15, -0.1) is 0 Å². The van der Waals surface area contributed by atoms with Gasteiger partial charge in [0.15, 0.2) is 0 Å². The highest BCUT2D eigenvalue weighted by Gasteiger charge is 2.29. The van der Waals surface area contributed by atoms with Crippen molar-refractivity contribution in [2.75, 3.05) is 25.6 Å². The van der Waals surface area contributed by atoms with Crippen molar-refractivity contribution in [2.24, 2.45) is 0 Å². The fraction of sp³-hybridized carbons (Fsp3) is 0.474. The van der Waals surface area contributed by atoms with E-state index in [0.29, 0.717) is 32.7 Å². The van der Waals surface area contributed by atoms with Crippen LogP contribution in [0, 0.1) is 0 Å². The quantitative estimate of drug-likeness (QED) is 0.821. The maximum absolute atomic E-state index is 12.6. The normalized spacial score (nSPS) is 21.5. The molecule has 1 N–H and O–H groups in total. The van der Waals surface area contributed by atoms with Crippen LogP contribution in [0.25, 0.3) is 10.8 Å². The highest BCUT2D eigenvalue weighted by atomic mass is 32.2. The lowest BCUT2D eigenvalue weighted by atomic mass is 10.0. The summed E-state index contributed by atoms with van der Waals surface area (Å²) in [5.74, 6) is 0.0667. The zero-order chi connectivity index (χ0) is 17.7. The number of ether oxygens (including phenoxy) is 2. The second-order valence-electron chi connectivity index (χ2n) is 6.29. The van der Waals surface area contributed by atoms with Crippen molar-refractivity contribution in [3.63, 3.8) is 0 Å². The number of hydrogen-bond donors (Lipinski definition) is 1. The fourth-order valence-electron chi connectivity index (χ4n) is 3.27. The van der Waals surface area contributed by atoms with Gasteiger partial charge in [-0.25, -0.2) is 13.1 Å². The molecule has 136 valence electrons. The summed E-state index contributed by atoms with van der Waals surface area (Å²) in [6.07, 6.45) is 0.906. The third-order valence-electron chi connectivity index (χ3n) is 4.54.